The van der Waals surface area contributed by atoms with E-state index in [0.717, 1.165) is 12.8 Å². The predicted octanol–water partition coefficient (Wildman–Crippen LogP) is 3.12. The van der Waals surface area contributed by atoms with Crippen molar-refractivity contribution in [3.63, 3.8) is 0 Å². The summed E-state index contributed by atoms with van der Waals surface area (Å²) in [4.78, 5) is 43.7. The van der Waals surface area contributed by atoms with Gasteiger partial charge >= 0.3 is 0 Å². The number of benzene rings is 2. The van der Waals surface area contributed by atoms with Gasteiger partial charge in [-0.3, -0.25) is 19.3 Å². The number of carbonyl (C=O) groups excluding carboxylic acids is 3. The van der Waals surface area contributed by atoms with Crippen molar-refractivity contribution in [3.8, 4) is 5.75 Å². The zero-order valence-corrected chi connectivity index (χ0v) is 22.1. The van der Waals surface area contributed by atoms with Crippen molar-refractivity contribution >= 4 is 29.3 Å². The van der Waals surface area contributed by atoms with E-state index in [1.807, 2.05) is 0 Å². The second-order valence-electron chi connectivity index (χ2n) is 9.86. The summed E-state index contributed by atoms with van der Waals surface area (Å²) >= 11 is 5.97. The lowest BCUT2D eigenvalue weighted by atomic mass is 9.96. The van der Waals surface area contributed by atoms with Crippen molar-refractivity contribution in [2.24, 2.45) is 0 Å². The van der Waals surface area contributed by atoms with E-state index in [4.69, 9.17) is 25.8 Å². The zero-order valence-electron chi connectivity index (χ0n) is 21.4. The van der Waals surface area contributed by atoms with Crippen LogP contribution in [0.5, 0.6) is 5.75 Å². The molecule has 3 amide bonds. The van der Waals surface area contributed by atoms with Gasteiger partial charge in [-0.15, -0.1) is 0 Å². The maximum absolute atomic E-state index is 13.9. The number of ether oxygens (including phenoxy) is 3. The van der Waals surface area contributed by atoms with Crippen LogP contribution < -0.4 is 10.1 Å². The molecule has 3 fully saturated rings. The third-order valence-corrected chi connectivity index (χ3v) is 7.80. The van der Waals surface area contributed by atoms with Gasteiger partial charge in [0.25, 0.3) is 11.8 Å². The van der Waals surface area contributed by atoms with E-state index in [2.05, 4.69) is 5.32 Å². The van der Waals surface area contributed by atoms with Gasteiger partial charge in [0, 0.05) is 55.2 Å². The minimum absolute atomic E-state index is 0.0140. The van der Waals surface area contributed by atoms with E-state index >= 15 is 0 Å². The van der Waals surface area contributed by atoms with Crippen LogP contribution in [0.1, 0.15) is 46.4 Å². The lowest BCUT2D eigenvalue weighted by molar-refractivity contribution is -0.128. The Morgan fingerprint density at radius 3 is 2.53 bits per heavy atom. The number of amides is 3. The van der Waals surface area contributed by atoms with Crippen LogP contribution >= 0.6 is 11.6 Å². The third kappa shape index (κ3) is 5.36. The molecule has 3 aliphatic rings. The number of nitrogens with zero attached hydrogens (tertiary/aromatic N) is 2. The zero-order chi connectivity index (χ0) is 26.7. The predicted molar refractivity (Wildman–Crippen MR) is 140 cm³/mol. The third-order valence-electron chi connectivity index (χ3n) is 7.55. The molecular formula is C28H32ClN3O6. The Morgan fingerprint density at radius 2 is 1.84 bits per heavy atom. The van der Waals surface area contributed by atoms with Crippen molar-refractivity contribution in [1.29, 1.82) is 0 Å². The van der Waals surface area contributed by atoms with Crippen molar-refractivity contribution in [2.75, 3.05) is 40.0 Å². The molecule has 0 aliphatic carbocycles. The average molecular weight is 542 g/mol. The lowest BCUT2D eigenvalue weighted by Gasteiger charge is -2.44. The molecule has 3 saturated heterocycles. The van der Waals surface area contributed by atoms with Crippen LogP contribution in [0, 0.1) is 0 Å². The van der Waals surface area contributed by atoms with Gasteiger partial charge in [-0.05, 0) is 55.3 Å². The van der Waals surface area contributed by atoms with Crippen molar-refractivity contribution in [2.45, 2.75) is 43.6 Å². The molecule has 0 bridgehead atoms. The summed E-state index contributed by atoms with van der Waals surface area (Å²) in [5, 5.41) is 3.53. The second-order valence-corrected chi connectivity index (χ2v) is 10.3. The van der Waals surface area contributed by atoms with E-state index in [1.54, 1.807) is 65.4 Å². The minimum atomic E-state index is -0.997. The molecule has 0 unspecified atom stereocenters. The molecule has 202 valence electrons. The van der Waals surface area contributed by atoms with E-state index in [9.17, 15) is 14.4 Å². The van der Waals surface area contributed by atoms with Crippen LogP contribution in [-0.2, 0) is 14.3 Å². The maximum Gasteiger partial charge on any atom is 0.257 e. The Labute approximate surface area is 227 Å². The van der Waals surface area contributed by atoms with Gasteiger partial charge < -0.3 is 24.4 Å². The molecule has 38 heavy (non-hydrogen) atoms. The molecule has 10 heteroatoms. The molecule has 1 N–H and O–H groups in total. The van der Waals surface area contributed by atoms with Crippen molar-refractivity contribution < 1.29 is 28.6 Å². The highest BCUT2D eigenvalue weighted by Crippen LogP contribution is 2.39. The summed E-state index contributed by atoms with van der Waals surface area (Å²) in [6.07, 6.45) is 2.63. The Hall–Kier alpha value is -3.14. The first-order valence-corrected chi connectivity index (χ1v) is 13.3. The number of hydrogen-bond acceptors (Lipinski definition) is 6. The average Bonchev–Trinajstić information content (AvgIpc) is 3.60. The summed E-state index contributed by atoms with van der Waals surface area (Å²) < 4.78 is 17.2. The number of methoxy groups -OCH3 is 1. The van der Waals surface area contributed by atoms with Crippen LogP contribution in [-0.4, -0.2) is 85.3 Å². The normalized spacial score (nSPS) is 22.5. The number of halogens is 1. The molecule has 9 nitrogen and oxygen atoms in total. The molecule has 5 rings (SSSR count). The van der Waals surface area contributed by atoms with Gasteiger partial charge in [0.2, 0.25) is 5.91 Å². The molecular weight excluding hydrogens is 510 g/mol. The summed E-state index contributed by atoms with van der Waals surface area (Å²) in [6, 6.07) is 12.9. The molecule has 2 atom stereocenters. The molecule has 3 aliphatic heterocycles. The van der Waals surface area contributed by atoms with Crippen LogP contribution in [0.25, 0.3) is 0 Å². The van der Waals surface area contributed by atoms with Gasteiger partial charge in [0.1, 0.15) is 17.5 Å². The summed E-state index contributed by atoms with van der Waals surface area (Å²) in [5.41, 5.74) is -0.0396. The van der Waals surface area contributed by atoms with Gasteiger partial charge in [-0.2, -0.15) is 0 Å². The SMILES string of the molecule is COc1cccc(C(=O)N2[C@H](C(=O)NC[C@@H]3CCCO3)COC23CCN(C(=O)c2ccc(Cl)cc2)CC3)c1. The fraction of sp³-hybridized carbons (Fsp3) is 0.464. The maximum atomic E-state index is 13.9. The molecule has 0 radical (unpaired) electrons. The first-order valence-electron chi connectivity index (χ1n) is 13.0. The highest BCUT2D eigenvalue weighted by molar-refractivity contribution is 6.30. The van der Waals surface area contributed by atoms with E-state index < -0.39 is 11.8 Å². The first kappa shape index (κ1) is 26.5. The summed E-state index contributed by atoms with van der Waals surface area (Å²) in [7, 11) is 1.54. The van der Waals surface area contributed by atoms with E-state index in [0.29, 0.717) is 61.0 Å². The minimum Gasteiger partial charge on any atom is -0.497 e. The summed E-state index contributed by atoms with van der Waals surface area (Å²) in [6.45, 7) is 1.94. The lowest BCUT2D eigenvalue weighted by Crippen LogP contribution is -2.60. The number of likely N-dealkylation sites (tertiary alicyclic amines) is 1. The van der Waals surface area contributed by atoms with Crippen LogP contribution in [0.4, 0.5) is 0 Å². The largest absolute Gasteiger partial charge is 0.497 e. The Bertz CT molecular complexity index is 1180. The Kier molecular flexibility index (Phi) is 7.88. The smallest absolute Gasteiger partial charge is 0.257 e. The van der Waals surface area contributed by atoms with Crippen LogP contribution in [0.2, 0.25) is 5.02 Å². The van der Waals surface area contributed by atoms with Crippen LogP contribution in [0.3, 0.4) is 0 Å². The quantitative estimate of drug-likeness (QED) is 0.603. The fourth-order valence-corrected chi connectivity index (χ4v) is 5.56. The topological polar surface area (TPSA) is 97.4 Å². The number of piperidine rings is 1. The molecule has 2 aromatic rings. The molecule has 0 aromatic heterocycles. The number of rotatable bonds is 6. The molecule has 1 spiro atoms. The highest BCUT2D eigenvalue weighted by atomic mass is 35.5. The monoisotopic (exact) mass is 541 g/mol. The van der Waals surface area contributed by atoms with E-state index in [-0.39, 0.29) is 30.4 Å². The van der Waals surface area contributed by atoms with E-state index in [1.165, 1.54) is 0 Å². The van der Waals surface area contributed by atoms with Gasteiger partial charge in [-0.25, -0.2) is 0 Å². The molecule has 0 saturated carbocycles. The first-order chi connectivity index (χ1) is 18.4. The second kappa shape index (κ2) is 11.3. The number of hydrogen-bond donors (Lipinski definition) is 1. The van der Waals surface area contributed by atoms with Gasteiger partial charge in [0.05, 0.1) is 19.8 Å². The number of carbonyl (C=O) groups is 3. The molecule has 3 heterocycles. The van der Waals surface area contributed by atoms with Crippen molar-refractivity contribution in [1.82, 2.24) is 15.1 Å². The summed E-state index contributed by atoms with van der Waals surface area (Å²) in [5.74, 6) is -0.136. The van der Waals surface area contributed by atoms with Crippen molar-refractivity contribution in [3.05, 3.63) is 64.7 Å². The fourth-order valence-electron chi connectivity index (χ4n) is 5.43. The molecule has 2 aromatic carbocycles. The van der Waals surface area contributed by atoms with Crippen LogP contribution in [0.15, 0.2) is 48.5 Å². The van der Waals surface area contributed by atoms with Gasteiger partial charge in [0.15, 0.2) is 0 Å². The Balaban J connectivity index is 1.35. The Morgan fingerprint density at radius 1 is 1.08 bits per heavy atom. The standard InChI is InChI=1S/C28H32ClN3O6/c1-36-22-5-2-4-20(16-22)27(35)32-24(25(33)30-17-23-6-3-15-37-23)18-38-28(32)11-13-31(14-12-28)26(34)19-7-9-21(29)10-8-19/h2,4-5,7-10,16,23-24H,3,6,11-15,17-18H2,1H3,(H,30,33)/t23-,24-/m0/s1. The highest BCUT2D eigenvalue weighted by Gasteiger charge is 2.54. The van der Waals surface area contributed by atoms with Gasteiger partial charge in [-0.1, -0.05) is 17.7 Å². The number of nitrogens with one attached hydrogen (secondary N) is 1.